The maximum absolute atomic E-state index is 12.4. The number of benzene rings is 2. The molecule has 0 spiro atoms. The molecule has 0 aliphatic carbocycles. The van der Waals surface area contributed by atoms with Crippen molar-refractivity contribution in [2.24, 2.45) is 4.99 Å². The van der Waals surface area contributed by atoms with Crippen LogP contribution >= 0.6 is 11.6 Å². The third kappa shape index (κ3) is 5.56. The minimum atomic E-state index is -0.722. The summed E-state index contributed by atoms with van der Waals surface area (Å²) in [6, 6.07) is 7.50. The number of cyclic esters (lactones) is 1. The van der Waals surface area contributed by atoms with Gasteiger partial charge in [-0.15, -0.1) is 0 Å². The zero-order valence-corrected chi connectivity index (χ0v) is 19.0. The number of aliphatic imine (C=N–C) groups is 1. The number of nitrogens with zero attached hydrogens (tertiary/aromatic N) is 2. The van der Waals surface area contributed by atoms with Gasteiger partial charge in [-0.1, -0.05) is 24.6 Å². The molecule has 10 heteroatoms. The van der Waals surface area contributed by atoms with Crippen molar-refractivity contribution in [3.05, 3.63) is 67.9 Å². The standard InChI is InChI=1S/C23H21ClN2O7/c1-4-6-20(27)32-21-16(24)9-14(11-19(21)31-5-2)10-17-23(28)33-22(25-17)15-8-7-13(3)18(12-15)26(29)30/h7-12H,4-6H2,1-3H3/b17-10-. The summed E-state index contributed by atoms with van der Waals surface area (Å²) in [7, 11) is 0. The molecule has 0 amide bonds. The van der Waals surface area contributed by atoms with Crippen LogP contribution in [0.5, 0.6) is 11.5 Å². The summed E-state index contributed by atoms with van der Waals surface area (Å²) in [5.41, 5.74) is 1.11. The van der Waals surface area contributed by atoms with Gasteiger partial charge in [0.15, 0.2) is 17.2 Å². The average Bonchev–Trinajstić information content (AvgIpc) is 3.11. The van der Waals surface area contributed by atoms with Gasteiger partial charge < -0.3 is 14.2 Å². The van der Waals surface area contributed by atoms with Crippen molar-refractivity contribution in [3.63, 3.8) is 0 Å². The molecule has 0 unspecified atom stereocenters. The first-order chi connectivity index (χ1) is 15.7. The van der Waals surface area contributed by atoms with Gasteiger partial charge in [0.1, 0.15) is 0 Å². The second kappa shape index (κ2) is 10.3. The summed E-state index contributed by atoms with van der Waals surface area (Å²) in [5, 5.41) is 11.3. The molecule has 33 heavy (non-hydrogen) atoms. The molecule has 2 aromatic rings. The summed E-state index contributed by atoms with van der Waals surface area (Å²) in [4.78, 5) is 39.1. The lowest BCUT2D eigenvalue weighted by atomic mass is 10.1. The minimum Gasteiger partial charge on any atom is -0.490 e. The molecule has 0 bridgehead atoms. The van der Waals surface area contributed by atoms with Crippen LogP contribution in [0.25, 0.3) is 6.08 Å². The molecule has 0 radical (unpaired) electrons. The average molecular weight is 473 g/mol. The fourth-order valence-corrected chi connectivity index (χ4v) is 3.29. The lowest BCUT2D eigenvalue weighted by Gasteiger charge is -2.13. The highest BCUT2D eigenvalue weighted by atomic mass is 35.5. The first-order valence-corrected chi connectivity index (χ1v) is 10.6. The number of hydrogen-bond donors (Lipinski definition) is 0. The number of rotatable bonds is 8. The highest BCUT2D eigenvalue weighted by Crippen LogP contribution is 2.38. The fraction of sp³-hybridized carbons (Fsp3) is 0.261. The Balaban J connectivity index is 1.96. The van der Waals surface area contributed by atoms with Crippen molar-refractivity contribution in [2.75, 3.05) is 6.61 Å². The van der Waals surface area contributed by atoms with Crippen molar-refractivity contribution in [1.82, 2.24) is 0 Å². The molecule has 1 aliphatic rings. The van der Waals surface area contributed by atoms with Gasteiger partial charge in [0, 0.05) is 23.6 Å². The smallest absolute Gasteiger partial charge is 0.363 e. The Kier molecular flexibility index (Phi) is 7.44. The van der Waals surface area contributed by atoms with Crippen LogP contribution in [0.3, 0.4) is 0 Å². The molecule has 0 fully saturated rings. The molecule has 2 aromatic carbocycles. The minimum absolute atomic E-state index is 0.0255. The third-order valence-electron chi connectivity index (χ3n) is 4.58. The quantitative estimate of drug-likeness (QED) is 0.174. The molecule has 9 nitrogen and oxygen atoms in total. The number of carbonyl (C=O) groups excluding carboxylic acids is 2. The van der Waals surface area contributed by atoms with E-state index in [1.54, 1.807) is 32.0 Å². The van der Waals surface area contributed by atoms with Crippen LogP contribution in [0.1, 0.15) is 43.4 Å². The number of nitro groups is 1. The topological polar surface area (TPSA) is 117 Å². The largest absolute Gasteiger partial charge is 0.490 e. The second-order valence-electron chi connectivity index (χ2n) is 7.08. The number of ether oxygens (including phenoxy) is 3. The van der Waals surface area contributed by atoms with Crippen molar-refractivity contribution in [3.8, 4) is 11.5 Å². The Labute approximate surface area is 194 Å². The maximum atomic E-state index is 12.4. The molecule has 0 N–H and O–H groups in total. The van der Waals surface area contributed by atoms with Gasteiger partial charge in [-0.05, 0) is 50.1 Å². The monoisotopic (exact) mass is 472 g/mol. The fourth-order valence-electron chi connectivity index (χ4n) is 3.03. The van der Waals surface area contributed by atoms with E-state index in [4.69, 9.17) is 25.8 Å². The van der Waals surface area contributed by atoms with Gasteiger partial charge in [-0.2, -0.15) is 0 Å². The van der Waals surface area contributed by atoms with Crippen LogP contribution < -0.4 is 9.47 Å². The Morgan fingerprint density at radius 1 is 1.27 bits per heavy atom. The van der Waals surface area contributed by atoms with Gasteiger partial charge in [0.25, 0.3) is 5.69 Å². The van der Waals surface area contributed by atoms with Crippen LogP contribution in [-0.2, 0) is 14.3 Å². The first kappa shape index (κ1) is 23.9. The van der Waals surface area contributed by atoms with Gasteiger partial charge in [-0.25, -0.2) is 9.79 Å². The van der Waals surface area contributed by atoms with Crippen LogP contribution in [0.15, 0.2) is 41.0 Å². The second-order valence-corrected chi connectivity index (χ2v) is 7.49. The van der Waals surface area contributed by atoms with E-state index in [1.165, 1.54) is 18.2 Å². The van der Waals surface area contributed by atoms with Crippen LogP contribution in [0.2, 0.25) is 5.02 Å². The molecule has 1 heterocycles. The molecular formula is C23H21ClN2O7. The number of hydrogen-bond acceptors (Lipinski definition) is 8. The van der Waals surface area contributed by atoms with Crippen molar-refractivity contribution in [1.29, 1.82) is 0 Å². The van der Waals surface area contributed by atoms with E-state index < -0.39 is 16.9 Å². The van der Waals surface area contributed by atoms with Crippen LogP contribution in [0, 0.1) is 17.0 Å². The van der Waals surface area contributed by atoms with Gasteiger partial charge in [0.05, 0.1) is 16.6 Å². The molecule has 1 aliphatic heterocycles. The normalized spacial score (nSPS) is 14.1. The third-order valence-corrected chi connectivity index (χ3v) is 4.86. The van der Waals surface area contributed by atoms with E-state index in [0.717, 1.165) is 0 Å². The summed E-state index contributed by atoms with van der Waals surface area (Å²) >= 11 is 6.32. The lowest BCUT2D eigenvalue weighted by Crippen LogP contribution is -2.09. The van der Waals surface area contributed by atoms with E-state index >= 15 is 0 Å². The van der Waals surface area contributed by atoms with Crippen LogP contribution in [0.4, 0.5) is 5.69 Å². The molecule has 3 rings (SSSR count). The van der Waals surface area contributed by atoms with E-state index in [1.807, 2.05) is 6.92 Å². The summed E-state index contributed by atoms with van der Waals surface area (Å²) in [6.07, 6.45) is 2.29. The summed E-state index contributed by atoms with van der Waals surface area (Å²) in [5.74, 6) is -0.862. The molecule has 0 aromatic heterocycles. The molecule has 0 saturated carbocycles. The van der Waals surface area contributed by atoms with Crippen molar-refractivity contribution in [2.45, 2.75) is 33.6 Å². The zero-order chi connectivity index (χ0) is 24.1. The van der Waals surface area contributed by atoms with Crippen molar-refractivity contribution >= 4 is 41.2 Å². The number of carbonyl (C=O) groups is 2. The molecule has 172 valence electrons. The van der Waals surface area contributed by atoms with E-state index in [2.05, 4.69) is 4.99 Å². The Bertz CT molecular complexity index is 1190. The number of esters is 2. The van der Waals surface area contributed by atoms with E-state index in [-0.39, 0.29) is 40.2 Å². The zero-order valence-electron chi connectivity index (χ0n) is 18.2. The highest BCUT2D eigenvalue weighted by molar-refractivity contribution is 6.32. The first-order valence-electron chi connectivity index (χ1n) is 10.2. The SMILES string of the molecule is CCCC(=O)Oc1c(Cl)cc(/C=C2\N=C(c3ccc(C)c([N+](=O)[O-])c3)OC2=O)cc1OCC. The number of nitro benzene ring substituents is 1. The van der Waals surface area contributed by atoms with Gasteiger partial charge in [0.2, 0.25) is 5.90 Å². The van der Waals surface area contributed by atoms with Crippen LogP contribution in [-0.4, -0.2) is 29.4 Å². The van der Waals surface area contributed by atoms with E-state index in [0.29, 0.717) is 29.7 Å². The van der Waals surface area contributed by atoms with Gasteiger partial charge >= 0.3 is 11.9 Å². The van der Waals surface area contributed by atoms with Gasteiger partial charge in [-0.3, -0.25) is 14.9 Å². The predicted molar refractivity (Wildman–Crippen MR) is 122 cm³/mol. The molecule has 0 saturated heterocycles. The Hall–Kier alpha value is -3.72. The predicted octanol–water partition coefficient (Wildman–Crippen LogP) is 5.01. The summed E-state index contributed by atoms with van der Waals surface area (Å²) in [6.45, 7) is 5.53. The molecular weight excluding hydrogens is 452 g/mol. The lowest BCUT2D eigenvalue weighted by molar-refractivity contribution is -0.385. The Morgan fingerprint density at radius 2 is 2.03 bits per heavy atom. The number of aryl methyl sites for hydroxylation is 1. The van der Waals surface area contributed by atoms with E-state index in [9.17, 15) is 19.7 Å². The van der Waals surface area contributed by atoms with Crippen molar-refractivity contribution < 1.29 is 28.7 Å². The highest BCUT2D eigenvalue weighted by Gasteiger charge is 2.26. The Morgan fingerprint density at radius 3 is 2.70 bits per heavy atom. The maximum Gasteiger partial charge on any atom is 0.363 e. The summed E-state index contributed by atoms with van der Waals surface area (Å²) < 4.78 is 16.1. The number of halogens is 1. The molecule has 0 atom stereocenters.